The predicted molar refractivity (Wildman–Crippen MR) is 104 cm³/mol. The number of carbonyl (C=O) groups is 1. The molecule has 3 aromatic heterocycles. The molecule has 3 aromatic rings. The maximum Gasteiger partial charge on any atom is 0.417 e. The number of pyridine rings is 1. The van der Waals surface area contributed by atoms with Crippen molar-refractivity contribution >= 4 is 11.6 Å². The van der Waals surface area contributed by atoms with Crippen LogP contribution in [0.4, 0.5) is 17.6 Å². The molecule has 1 saturated heterocycles. The van der Waals surface area contributed by atoms with E-state index in [1.807, 2.05) is 0 Å². The first-order chi connectivity index (χ1) is 14.8. The van der Waals surface area contributed by atoms with Crippen molar-refractivity contribution in [3.63, 3.8) is 0 Å². The number of halogens is 4. The van der Waals surface area contributed by atoms with Crippen molar-refractivity contribution in [2.75, 3.05) is 13.1 Å². The molecule has 6 nitrogen and oxygen atoms in total. The van der Waals surface area contributed by atoms with Gasteiger partial charge in [0, 0.05) is 19.3 Å². The molecule has 1 aliphatic rings. The first-order valence-electron chi connectivity index (χ1n) is 9.79. The molecule has 0 saturated carbocycles. The minimum atomic E-state index is -4.63. The molecule has 0 N–H and O–H groups in total. The quantitative estimate of drug-likeness (QED) is 0.412. The number of alkyl halides is 4. The zero-order chi connectivity index (χ0) is 22.2. The molecule has 0 bridgehead atoms. The third kappa shape index (κ3) is 4.19. The van der Waals surface area contributed by atoms with Crippen LogP contribution in [0.5, 0.6) is 0 Å². The molecule has 1 amide bonds. The largest absolute Gasteiger partial charge is 0.443 e. The molecular formula is C21H20F4N4O2. The van der Waals surface area contributed by atoms with Gasteiger partial charge in [0.1, 0.15) is 17.5 Å². The molecule has 0 aliphatic carbocycles. The first-order valence-corrected chi connectivity index (χ1v) is 9.79. The zero-order valence-corrected chi connectivity index (χ0v) is 16.5. The Morgan fingerprint density at radius 1 is 1.39 bits per heavy atom. The van der Waals surface area contributed by atoms with Gasteiger partial charge in [-0.15, -0.1) is 6.58 Å². The van der Waals surface area contributed by atoms with Gasteiger partial charge in [0.25, 0.3) is 5.91 Å². The van der Waals surface area contributed by atoms with Crippen molar-refractivity contribution in [3.8, 4) is 11.3 Å². The van der Waals surface area contributed by atoms with Crippen LogP contribution < -0.4 is 0 Å². The number of carbonyl (C=O) groups excluding carboxylic acids is 1. The number of amides is 1. The monoisotopic (exact) mass is 436 g/mol. The summed E-state index contributed by atoms with van der Waals surface area (Å²) in [5.74, 6) is -0.344. The Hall–Kier alpha value is -3.17. The lowest BCUT2D eigenvalue weighted by molar-refractivity contribution is -0.137. The highest BCUT2D eigenvalue weighted by molar-refractivity contribution is 5.94. The van der Waals surface area contributed by atoms with Crippen LogP contribution in [0.1, 0.15) is 35.3 Å². The number of fused-ring (bicyclic) bond motifs is 1. The highest BCUT2D eigenvalue weighted by Gasteiger charge is 2.34. The topological polar surface area (TPSA) is 63.6 Å². The summed E-state index contributed by atoms with van der Waals surface area (Å²) < 4.78 is 60.7. The molecule has 4 heterocycles. The fourth-order valence-corrected chi connectivity index (χ4v) is 3.94. The Balaban J connectivity index is 1.66. The number of oxazole rings is 1. The third-order valence-electron chi connectivity index (χ3n) is 5.43. The van der Waals surface area contributed by atoms with E-state index in [2.05, 4.69) is 16.5 Å². The minimum Gasteiger partial charge on any atom is -0.443 e. The smallest absolute Gasteiger partial charge is 0.417 e. The second kappa shape index (κ2) is 8.16. The Kier molecular flexibility index (Phi) is 5.55. The van der Waals surface area contributed by atoms with Gasteiger partial charge in [-0.1, -0.05) is 6.08 Å². The van der Waals surface area contributed by atoms with Crippen LogP contribution in [-0.2, 0) is 6.18 Å². The van der Waals surface area contributed by atoms with E-state index in [1.165, 1.54) is 23.4 Å². The van der Waals surface area contributed by atoms with Gasteiger partial charge in [0.2, 0.25) is 0 Å². The van der Waals surface area contributed by atoms with E-state index >= 15 is 0 Å². The second-order valence-corrected chi connectivity index (χ2v) is 7.61. The molecule has 10 heteroatoms. The minimum absolute atomic E-state index is 0.00500. The van der Waals surface area contributed by atoms with Crippen LogP contribution in [-0.4, -0.2) is 44.4 Å². The summed E-state index contributed by atoms with van der Waals surface area (Å²) in [6.07, 6.45) is 1.57. The fraction of sp³-hybridized carbons (Fsp3) is 0.381. The Labute approximate surface area is 175 Å². The highest BCUT2D eigenvalue weighted by atomic mass is 19.4. The number of allylic oxidation sites excluding steroid dienone is 1. The molecule has 1 aliphatic heterocycles. The van der Waals surface area contributed by atoms with Gasteiger partial charge in [0.05, 0.1) is 23.5 Å². The number of rotatable bonds is 6. The molecular weight excluding hydrogens is 416 g/mol. The van der Waals surface area contributed by atoms with Crippen molar-refractivity contribution in [2.24, 2.45) is 5.92 Å². The maximum absolute atomic E-state index is 13.9. The van der Waals surface area contributed by atoms with Gasteiger partial charge >= 0.3 is 6.18 Å². The summed E-state index contributed by atoms with van der Waals surface area (Å²) in [5, 5.41) is 0. The maximum atomic E-state index is 13.9. The summed E-state index contributed by atoms with van der Waals surface area (Å²) in [7, 11) is 0. The van der Waals surface area contributed by atoms with E-state index in [0.717, 1.165) is 23.1 Å². The molecule has 0 spiro atoms. The number of likely N-dealkylation sites (tertiary alicyclic amines) is 1. The molecule has 0 radical (unpaired) electrons. The average molecular weight is 436 g/mol. The number of hydrogen-bond acceptors (Lipinski definition) is 4. The molecule has 4 rings (SSSR count). The first kappa shape index (κ1) is 21.1. The summed E-state index contributed by atoms with van der Waals surface area (Å²) in [4.78, 5) is 22.5. The number of aromatic nitrogens is 3. The van der Waals surface area contributed by atoms with Crippen LogP contribution in [0.2, 0.25) is 0 Å². The average Bonchev–Trinajstić information content (AvgIpc) is 3.46. The molecule has 2 atom stereocenters. The summed E-state index contributed by atoms with van der Waals surface area (Å²) >= 11 is 0. The van der Waals surface area contributed by atoms with Crippen LogP contribution >= 0.6 is 0 Å². The third-order valence-corrected chi connectivity index (χ3v) is 5.43. The molecule has 164 valence electrons. The van der Waals surface area contributed by atoms with Gasteiger partial charge in [-0.2, -0.15) is 13.2 Å². The summed E-state index contributed by atoms with van der Waals surface area (Å²) in [5.41, 5.74) is -0.707. The normalized spacial score (nSPS) is 17.9. The van der Waals surface area contributed by atoms with Gasteiger partial charge < -0.3 is 9.32 Å². The Bertz CT molecular complexity index is 1090. The van der Waals surface area contributed by atoms with Crippen molar-refractivity contribution in [2.45, 2.75) is 31.6 Å². The van der Waals surface area contributed by atoms with E-state index in [1.54, 1.807) is 0 Å². The lowest BCUT2D eigenvalue weighted by atomic mass is 10.00. The Morgan fingerprint density at radius 2 is 2.19 bits per heavy atom. The number of nitrogens with zero attached hydrogens (tertiary/aromatic N) is 4. The molecule has 0 aromatic carbocycles. The Morgan fingerprint density at radius 3 is 2.87 bits per heavy atom. The lowest BCUT2D eigenvalue weighted by Crippen LogP contribution is -2.30. The van der Waals surface area contributed by atoms with E-state index in [9.17, 15) is 22.4 Å². The van der Waals surface area contributed by atoms with Gasteiger partial charge in [0.15, 0.2) is 12.2 Å². The molecule has 1 fully saturated rings. The van der Waals surface area contributed by atoms with Crippen LogP contribution in [0.25, 0.3) is 17.0 Å². The standard InChI is InChI=1S/C21H20F4N4O2/c1-2-3-15(22)6-13-4-5-28(10-13)20(30)17-8-27-19-16(18-9-26-12-31-18)7-14(11-29(17)19)21(23,24)25/h2,7-9,11-13,15H,1,3-6,10H2. The fourth-order valence-electron chi connectivity index (χ4n) is 3.94. The van der Waals surface area contributed by atoms with E-state index < -0.39 is 23.8 Å². The SMILES string of the molecule is C=CCC(F)CC1CCN(C(=O)c2cnc3c(-c4cnco4)cc(C(F)(F)F)cn23)C1. The van der Waals surface area contributed by atoms with Crippen molar-refractivity contribution in [1.29, 1.82) is 0 Å². The van der Waals surface area contributed by atoms with Crippen molar-refractivity contribution < 1.29 is 26.8 Å². The van der Waals surface area contributed by atoms with Crippen molar-refractivity contribution in [3.05, 3.63) is 55.0 Å². The molecule has 31 heavy (non-hydrogen) atoms. The predicted octanol–water partition coefficient (Wildman–Crippen LogP) is 4.77. The lowest BCUT2D eigenvalue weighted by Gasteiger charge is -2.17. The summed E-state index contributed by atoms with van der Waals surface area (Å²) in [6, 6.07) is 0.921. The zero-order valence-electron chi connectivity index (χ0n) is 16.5. The van der Waals surface area contributed by atoms with Crippen molar-refractivity contribution in [1.82, 2.24) is 19.3 Å². The number of imidazole rings is 1. The number of hydrogen-bond donors (Lipinski definition) is 0. The summed E-state index contributed by atoms with van der Waals surface area (Å²) in [6.45, 7) is 4.28. The van der Waals surface area contributed by atoms with Gasteiger partial charge in [-0.25, -0.2) is 14.4 Å². The molecule has 2 unspecified atom stereocenters. The highest BCUT2D eigenvalue weighted by Crippen LogP contribution is 2.35. The van der Waals surface area contributed by atoms with Crippen LogP contribution in [0, 0.1) is 5.92 Å². The van der Waals surface area contributed by atoms with E-state index in [0.29, 0.717) is 25.9 Å². The van der Waals surface area contributed by atoms with Crippen LogP contribution in [0.15, 0.2) is 48.1 Å². The van der Waals surface area contributed by atoms with E-state index in [4.69, 9.17) is 4.42 Å². The van der Waals surface area contributed by atoms with Gasteiger partial charge in [-0.05, 0) is 31.2 Å². The second-order valence-electron chi connectivity index (χ2n) is 7.61. The van der Waals surface area contributed by atoms with Crippen LogP contribution in [0.3, 0.4) is 0 Å². The van der Waals surface area contributed by atoms with E-state index in [-0.39, 0.29) is 35.0 Å². The van der Waals surface area contributed by atoms with Gasteiger partial charge in [-0.3, -0.25) is 9.20 Å².